The van der Waals surface area contributed by atoms with Crippen LogP contribution in [0.1, 0.15) is 10.4 Å². The molecule has 0 spiro atoms. The third-order valence-corrected chi connectivity index (χ3v) is 2.61. The summed E-state index contributed by atoms with van der Waals surface area (Å²) in [5, 5.41) is 20.9. The predicted octanol–water partition coefficient (Wildman–Crippen LogP) is 0.445. The van der Waals surface area contributed by atoms with E-state index >= 15 is 0 Å². The third-order valence-electron chi connectivity index (χ3n) is 2.61. The molecular weight excluding hydrogens is 276 g/mol. The number of benzene rings is 1. The van der Waals surface area contributed by atoms with Crippen LogP contribution in [-0.4, -0.2) is 38.6 Å². The number of carboxylic acids is 1. The van der Waals surface area contributed by atoms with Crippen molar-refractivity contribution in [1.82, 2.24) is 9.97 Å². The molecule has 1 heterocycles. The van der Waals surface area contributed by atoms with Crippen molar-refractivity contribution in [2.75, 3.05) is 11.9 Å². The van der Waals surface area contributed by atoms with Gasteiger partial charge in [-0.3, -0.25) is 4.79 Å². The Morgan fingerprint density at radius 1 is 1.24 bits per heavy atom. The number of aromatic carboxylic acids is 1. The van der Waals surface area contributed by atoms with Crippen molar-refractivity contribution in [1.29, 1.82) is 0 Å². The van der Waals surface area contributed by atoms with Gasteiger partial charge in [0.15, 0.2) is 5.82 Å². The van der Waals surface area contributed by atoms with Crippen molar-refractivity contribution >= 4 is 17.6 Å². The summed E-state index contributed by atoms with van der Waals surface area (Å²) < 4.78 is 0. The van der Waals surface area contributed by atoms with E-state index in [1.54, 1.807) is 24.3 Å². The average molecular weight is 288 g/mol. The highest BCUT2D eigenvalue weighted by Gasteiger charge is 2.13. The molecule has 2 rings (SSSR count). The minimum absolute atomic E-state index is 0.116. The van der Waals surface area contributed by atoms with Crippen LogP contribution in [0.5, 0.6) is 5.88 Å². The fourth-order valence-corrected chi connectivity index (χ4v) is 1.58. The molecule has 0 aliphatic heterocycles. The summed E-state index contributed by atoms with van der Waals surface area (Å²) in [6.45, 7) is -0.116. The van der Waals surface area contributed by atoms with Crippen LogP contribution in [0.3, 0.4) is 0 Å². The lowest BCUT2D eigenvalue weighted by atomic mass is 10.2. The van der Waals surface area contributed by atoms with Crippen molar-refractivity contribution < 1.29 is 19.8 Å². The second kappa shape index (κ2) is 5.97. The number of amides is 1. The molecule has 0 bridgehead atoms. The van der Waals surface area contributed by atoms with E-state index in [0.717, 1.165) is 6.20 Å². The summed E-state index contributed by atoms with van der Waals surface area (Å²) >= 11 is 0. The lowest BCUT2D eigenvalue weighted by Crippen LogP contribution is -2.21. The van der Waals surface area contributed by atoms with Crippen LogP contribution in [0.15, 0.2) is 30.5 Å². The third kappa shape index (κ3) is 3.31. The molecule has 0 aliphatic rings. The monoisotopic (exact) mass is 288 g/mol. The zero-order chi connectivity index (χ0) is 15.4. The number of carbonyl (C=O) groups is 2. The lowest BCUT2D eigenvalue weighted by molar-refractivity contribution is -0.114. The zero-order valence-electron chi connectivity index (χ0n) is 10.8. The molecule has 0 atom stereocenters. The van der Waals surface area contributed by atoms with Gasteiger partial charge < -0.3 is 21.3 Å². The number of hydrogen-bond acceptors (Lipinski definition) is 6. The van der Waals surface area contributed by atoms with Crippen molar-refractivity contribution in [3.63, 3.8) is 0 Å². The van der Waals surface area contributed by atoms with Crippen LogP contribution in [0.25, 0.3) is 11.4 Å². The van der Waals surface area contributed by atoms with E-state index in [0.29, 0.717) is 11.3 Å². The molecule has 0 fully saturated rings. The molecule has 8 heteroatoms. The van der Waals surface area contributed by atoms with Crippen LogP contribution in [0.2, 0.25) is 0 Å². The molecule has 0 saturated carbocycles. The van der Waals surface area contributed by atoms with E-state index in [9.17, 15) is 14.7 Å². The number of carboxylic acid groups (broad SMARTS) is 1. The van der Waals surface area contributed by atoms with Gasteiger partial charge in [-0.1, -0.05) is 0 Å². The maximum absolute atomic E-state index is 11.1. The molecule has 1 amide bonds. The first-order valence-electron chi connectivity index (χ1n) is 5.91. The lowest BCUT2D eigenvalue weighted by Gasteiger charge is -2.05. The van der Waals surface area contributed by atoms with E-state index < -0.39 is 11.8 Å². The maximum Gasteiger partial charge on any atom is 0.342 e. The summed E-state index contributed by atoms with van der Waals surface area (Å²) in [4.78, 5) is 29.5. The number of aromatic hydroxyl groups is 1. The van der Waals surface area contributed by atoms with Crippen LogP contribution < -0.4 is 11.1 Å². The minimum Gasteiger partial charge on any atom is -0.493 e. The molecule has 1 aromatic heterocycles. The van der Waals surface area contributed by atoms with Gasteiger partial charge >= 0.3 is 5.97 Å². The van der Waals surface area contributed by atoms with E-state index in [1.807, 2.05) is 0 Å². The standard InChI is InChI=1S/C13H12N4O4/c14-5-10(18)16-8-3-1-7(2-4-8)11-15-6-9(13(20)21)12(19)17-11/h1-4,6H,5,14H2,(H,16,18)(H,20,21)(H,15,17,19). The van der Waals surface area contributed by atoms with Gasteiger partial charge in [0, 0.05) is 17.4 Å². The molecule has 0 radical (unpaired) electrons. The number of anilines is 1. The van der Waals surface area contributed by atoms with Crippen LogP contribution in [-0.2, 0) is 4.79 Å². The van der Waals surface area contributed by atoms with Gasteiger partial charge in [-0.2, -0.15) is 4.98 Å². The van der Waals surface area contributed by atoms with Crippen LogP contribution in [0.4, 0.5) is 5.69 Å². The van der Waals surface area contributed by atoms with Gasteiger partial charge in [-0.05, 0) is 24.3 Å². The Morgan fingerprint density at radius 2 is 1.90 bits per heavy atom. The fourth-order valence-electron chi connectivity index (χ4n) is 1.58. The van der Waals surface area contributed by atoms with Gasteiger partial charge in [0.25, 0.3) is 0 Å². The van der Waals surface area contributed by atoms with Gasteiger partial charge in [-0.15, -0.1) is 0 Å². The van der Waals surface area contributed by atoms with Crippen molar-refractivity contribution in [3.8, 4) is 17.3 Å². The van der Waals surface area contributed by atoms with Gasteiger partial charge in [0.1, 0.15) is 5.56 Å². The summed E-state index contributed by atoms with van der Waals surface area (Å²) in [5.41, 5.74) is 5.94. The number of nitrogens with zero attached hydrogens (tertiary/aromatic N) is 2. The Morgan fingerprint density at radius 3 is 2.43 bits per heavy atom. The molecule has 2 aromatic rings. The molecule has 21 heavy (non-hydrogen) atoms. The highest BCUT2D eigenvalue weighted by molar-refractivity contribution is 5.92. The SMILES string of the molecule is NCC(=O)Nc1ccc(-c2ncc(C(=O)O)c(O)n2)cc1. The number of nitrogens with two attached hydrogens (primary N) is 1. The number of nitrogens with one attached hydrogen (secondary N) is 1. The Hall–Kier alpha value is -3.00. The Bertz CT molecular complexity index is 685. The average Bonchev–Trinajstić information content (AvgIpc) is 2.47. The summed E-state index contributed by atoms with van der Waals surface area (Å²) in [5.74, 6) is -2.05. The van der Waals surface area contributed by atoms with Crippen molar-refractivity contribution in [3.05, 3.63) is 36.0 Å². The normalized spacial score (nSPS) is 10.1. The summed E-state index contributed by atoms with van der Waals surface area (Å²) in [6.07, 6.45) is 1.03. The molecule has 1 aromatic carbocycles. The van der Waals surface area contributed by atoms with E-state index in [4.69, 9.17) is 10.8 Å². The predicted molar refractivity (Wildman–Crippen MR) is 73.8 cm³/mol. The van der Waals surface area contributed by atoms with Crippen molar-refractivity contribution in [2.45, 2.75) is 0 Å². The number of carbonyl (C=O) groups excluding carboxylic acids is 1. The second-order valence-electron chi connectivity index (χ2n) is 4.07. The quantitative estimate of drug-likeness (QED) is 0.640. The van der Waals surface area contributed by atoms with Gasteiger partial charge in [0.2, 0.25) is 11.8 Å². The molecule has 0 saturated heterocycles. The molecule has 108 valence electrons. The summed E-state index contributed by atoms with van der Waals surface area (Å²) in [7, 11) is 0. The smallest absolute Gasteiger partial charge is 0.342 e. The molecule has 5 N–H and O–H groups in total. The van der Waals surface area contributed by atoms with E-state index in [-0.39, 0.29) is 23.8 Å². The molecular formula is C13H12N4O4. The Labute approximate surface area is 119 Å². The fraction of sp³-hybridized carbons (Fsp3) is 0.0769. The first-order valence-corrected chi connectivity index (χ1v) is 5.91. The largest absolute Gasteiger partial charge is 0.493 e. The molecule has 0 unspecified atom stereocenters. The van der Waals surface area contributed by atoms with Gasteiger partial charge in [0.05, 0.1) is 6.54 Å². The maximum atomic E-state index is 11.1. The first kappa shape index (κ1) is 14.4. The highest BCUT2D eigenvalue weighted by Crippen LogP contribution is 2.21. The molecule has 8 nitrogen and oxygen atoms in total. The zero-order valence-corrected chi connectivity index (χ0v) is 10.8. The molecule has 0 aliphatic carbocycles. The van der Waals surface area contributed by atoms with Crippen LogP contribution in [0, 0.1) is 0 Å². The van der Waals surface area contributed by atoms with Crippen molar-refractivity contribution in [2.24, 2.45) is 5.73 Å². The summed E-state index contributed by atoms with van der Waals surface area (Å²) in [6, 6.07) is 6.49. The second-order valence-corrected chi connectivity index (χ2v) is 4.07. The highest BCUT2D eigenvalue weighted by atomic mass is 16.4. The number of aromatic nitrogens is 2. The van der Waals surface area contributed by atoms with E-state index in [2.05, 4.69) is 15.3 Å². The minimum atomic E-state index is -1.31. The number of rotatable bonds is 4. The van der Waals surface area contributed by atoms with Gasteiger partial charge in [-0.25, -0.2) is 9.78 Å². The Balaban J connectivity index is 2.24. The number of hydrogen-bond donors (Lipinski definition) is 4. The van der Waals surface area contributed by atoms with E-state index in [1.165, 1.54) is 0 Å². The Kier molecular flexibility index (Phi) is 4.10. The topological polar surface area (TPSA) is 138 Å². The first-order chi connectivity index (χ1) is 10.0. The van der Waals surface area contributed by atoms with Crippen LogP contribution >= 0.6 is 0 Å².